The minimum atomic E-state index is 0.703. The van der Waals surface area contributed by atoms with Gasteiger partial charge in [-0.25, -0.2) is 0 Å². The topological polar surface area (TPSA) is 21.3 Å². The Morgan fingerprint density at radius 2 is 1.75 bits per heavy atom. The molecular formula is C18H23NO. The Kier molecular flexibility index (Phi) is 4.67. The van der Waals surface area contributed by atoms with E-state index < -0.39 is 0 Å². The molecule has 0 spiro atoms. The zero-order valence-electron chi connectivity index (χ0n) is 12.8. The number of nitrogens with one attached hydrogen (secondary N) is 1. The molecule has 1 N–H and O–H groups in total. The van der Waals surface area contributed by atoms with Gasteiger partial charge in [-0.2, -0.15) is 0 Å². The molecule has 0 amide bonds. The Hall–Kier alpha value is -1.96. The quantitative estimate of drug-likeness (QED) is 0.855. The number of ether oxygens (including phenoxy) is 1. The highest BCUT2D eigenvalue weighted by molar-refractivity contribution is 5.54. The van der Waals surface area contributed by atoms with Crippen LogP contribution in [0.15, 0.2) is 36.4 Å². The molecule has 0 radical (unpaired) electrons. The van der Waals surface area contributed by atoms with Crippen LogP contribution in [-0.2, 0) is 6.54 Å². The second-order valence-electron chi connectivity index (χ2n) is 5.19. The average molecular weight is 269 g/mol. The van der Waals surface area contributed by atoms with Crippen molar-refractivity contribution in [1.29, 1.82) is 0 Å². The Labute approximate surface area is 121 Å². The zero-order chi connectivity index (χ0) is 14.5. The fourth-order valence-corrected chi connectivity index (χ4v) is 2.33. The number of aryl methyl sites for hydroxylation is 3. The molecule has 2 nitrogen and oxygen atoms in total. The molecular weight excluding hydrogens is 246 g/mol. The molecule has 0 saturated carbocycles. The van der Waals surface area contributed by atoms with Crippen LogP contribution in [0.1, 0.15) is 29.2 Å². The second kappa shape index (κ2) is 6.47. The van der Waals surface area contributed by atoms with Gasteiger partial charge in [0.15, 0.2) is 0 Å². The summed E-state index contributed by atoms with van der Waals surface area (Å²) < 4.78 is 5.51. The van der Waals surface area contributed by atoms with E-state index in [2.05, 4.69) is 56.4 Å². The number of rotatable bonds is 5. The fourth-order valence-electron chi connectivity index (χ4n) is 2.33. The third kappa shape index (κ3) is 3.53. The normalized spacial score (nSPS) is 10.4. The monoisotopic (exact) mass is 269 g/mol. The van der Waals surface area contributed by atoms with Crippen LogP contribution in [0.4, 0.5) is 5.69 Å². The largest absolute Gasteiger partial charge is 0.494 e. The Balaban J connectivity index is 2.07. The minimum absolute atomic E-state index is 0.703. The summed E-state index contributed by atoms with van der Waals surface area (Å²) in [6.45, 7) is 9.94. The molecule has 0 saturated heterocycles. The third-order valence-electron chi connectivity index (χ3n) is 3.48. The van der Waals surface area contributed by atoms with Gasteiger partial charge in [-0.3, -0.25) is 0 Å². The summed E-state index contributed by atoms with van der Waals surface area (Å²) in [5.74, 6) is 0.932. The minimum Gasteiger partial charge on any atom is -0.494 e. The summed E-state index contributed by atoms with van der Waals surface area (Å²) in [7, 11) is 0. The molecule has 2 aromatic carbocycles. The molecule has 0 atom stereocenters. The lowest BCUT2D eigenvalue weighted by Crippen LogP contribution is -2.03. The molecule has 2 aromatic rings. The standard InChI is InChI=1S/C18H23NO/c1-5-20-17-8-9-18(15(4)11-17)19-12-16-7-6-13(2)10-14(16)3/h6-11,19H,5,12H2,1-4H3. The van der Waals surface area contributed by atoms with Gasteiger partial charge in [0.25, 0.3) is 0 Å². The van der Waals surface area contributed by atoms with E-state index in [4.69, 9.17) is 4.74 Å². The van der Waals surface area contributed by atoms with Crippen LogP contribution in [0.25, 0.3) is 0 Å². The van der Waals surface area contributed by atoms with Gasteiger partial charge in [-0.15, -0.1) is 0 Å². The van der Waals surface area contributed by atoms with Crippen molar-refractivity contribution in [3.05, 3.63) is 58.7 Å². The summed E-state index contributed by atoms with van der Waals surface area (Å²) in [5.41, 5.74) is 6.35. The lowest BCUT2D eigenvalue weighted by molar-refractivity contribution is 0.340. The van der Waals surface area contributed by atoms with E-state index in [-0.39, 0.29) is 0 Å². The zero-order valence-corrected chi connectivity index (χ0v) is 12.8. The van der Waals surface area contributed by atoms with Gasteiger partial charge in [0, 0.05) is 12.2 Å². The van der Waals surface area contributed by atoms with Gasteiger partial charge in [0.1, 0.15) is 5.75 Å². The Morgan fingerprint density at radius 1 is 0.950 bits per heavy atom. The van der Waals surface area contributed by atoms with Gasteiger partial charge in [-0.1, -0.05) is 23.8 Å². The third-order valence-corrected chi connectivity index (χ3v) is 3.48. The van der Waals surface area contributed by atoms with Gasteiger partial charge in [0.2, 0.25) is 0 Å². The molecule has 0 fully saturated rings. The molecule has 0 bridgehead atoms. The second-order valence-corrected chi connectivity index (χ2v) is 5.19. The van der Waals surface area contributed by atoms with Crippen molar-refractivity contribution in [3.63, 3.8) is 0 Å². The van der Waals surface area contributed by atoms with Crippen LogP contribution in [0.5, 0.6) is 5.75 Å². The highest BCUT2D eigenvalue weighted by Gasteiger charge is 2.02. The van der Waals surface area contributed by atoms with E-state index in [0.29, 0.717) is 6.61 Å². The first-order valence-corrected chi connectivity index (χ1v) is 7.13. The van der Waals surface area contributed by atoms with Gasteiger partial charge in [-0.05, 0) is 62.6 Å². The van der Waals surface area contributed by atoms with Crippen LogP contribution in [-0.4, -0.2) is 6.61 Å². The number of hydrogen-bond donors (Lipinski definition) is 1. The van der Waals surface area contributed by atoms with Crippen molar-refractivity contribution in [2.75, 3.05) is 11.9 Å². The van der Waals surface area contributed by atoms with E-state index in [1.807, 2.05) is 13.0 Å². The van der Waals surface area contributed by atoms with E-state index in [0.717, 1.165) is 18.0 Å². The van der Waals surface area contributed by atoms with Crippen LogP contribution >= 0.6 is 0 Å². The smallest absolute Gasteiger partial charge is 0.119 e. The van der Waals surface area contributed by atoms with E-state index in [1.54, 1.807) is 0 Å². The van der Waals surface area contributed by atoms with Gasteiger partial charge >= 0.3 is 0 Å². The molecule has 0 aliphatic heterocycles. The SMILES string of the molecule is CCOc1ccc(NCc2ccc(C)cc2C)c(C)c1. The molecule has 20 heavy (non-hydrogen) atoms. The van der Waals surface area contributed by atoms with E-state index in [9.17, 15) is 0 Å². The first kappa shape index (κ1) is 14.4. The summed E-state index contributed by atoms with van der Waals surface area (Å²) in [4.78, 5) is 0. The Morgan fingerprint density at radius 3 is 2.40 bits per heavy atom. The Bertz CT molecular complexity index is 590. The molecule has 2 rings (SSSR count). The van der Waals surface area contributed by atoms with Crippen molar-refractivity contribution < 1.29 is 4.74 Å². The van der Waals surface area contributed by atoms with Crippen LogP contribution in [0.3, 0.4) is 0 Å². The molecule has 0 aromatic heterocycles. The van der Waals surface area contributed by atoms with Crippen molar-refractivity contribution in [3.8, 4) is 5.75 Å². The molecule has 0 unspecified atom stereocenters. The molecule has 106 valence electrons. The van der Waals surface area contributed by atoms with Crippen molar-refractivity contribution in [1.82, 2.24) is 0 Å². The molecule has 0 aliphatic carbocycles. The highest BCUT2D eigenvalue weighted by Crippen LogP contribution is 2.22. The summed E-state index contributed by atoms with van der Waals surface area (Å²) in [5, 5.41) is 3.50. The maximum absolute atomic E-state index is 5.51. The molecule has 0 heterocycles. The van der Waals surface area contributed by atoms with Crippen molar-refractivity contribution in [2.24, 2.45) is 0 Å². The molecule has 2 heteroatoms. The predicted octanol–water partition coefficient (Wildman–Crippen LogP) is 4.62. The van der Waals surface area contributed by atoms with Crippen LogP contribution in [0.2, 0.25) is 0 Å². The van der Waals surface area contributed by atoms with Crippen LogP contribution < -0.4 is 10.1 Å². The fraction of sp³-hybridized carbons (Fsp3) is 0.333. The summed E-state index contributed by atoms with van der Waals surface area (Å²) in [6, 6.07) is 12.8. The predicted molar refractivity (Wildman–Crippen MR) is 85.6 cm³/mol. The summed E-state index contributed by atoms with van der Waals surface area (Å²) >= 11 is 0. The van der Waals surface area contributed by atoms with E-state index in [1.165, 1.54) is 22.3 Å². The lowest BCUT2D eigenvalue weighted by atomic mass is 10.1. The number of benzene rings is 2. The first-order valence-electron chi connectivity index (χ1n) is 7.13. The highest BCUT2D eigenvalue weighted by atomic mass is 16.5. The molecule has 0 aliphatic rings. The number of anilines is 1. The first-order chi connectivity index (χ1) is 9.60. The van der Waals surface area contributed by atoms with Gasteiger partial charge < -0.3 is 10.1 Å². The van der Waals surface area contributed by atoms with Crippen molar-refractivity contribution >= 4 is 5.69 Å². The van der Waals surface area contributed by atoms with Crippen molar-refractivity contribution in [2.45, 2.75) is 34.2 Å². The van der Waals surface area contributed by atoms with Crippen LogP contribution in [0, 0.1) is 20.8 Å². The maximum atomic E-state index is 5.51. The average Bonchev–Trinajstić information content (AvgIpc) is 2.40. The van der Waals surface area contributed by atoms with E-state index >= 15 is 0 Å². The van der Waals surface area contributed by atoms with Gasteiger partial charge in [0.05, 0.1) is 6.61 Å². The summed E-state index contributed by atoms with van der Waals surface area (Å²) in [6.07, 6.45) is 0. The lowest BCUT2D eigenvalue weighted by Gasteiger charge is -2.13. The maximum Gasteiger partial charge on any atom is 0.119 e. The number of hydrogen-bond acceptors (Lipinski definition) is 2.